The number of rotatable bonds is 4. The van der Waals surface area contributed by atoms with Crippen LogP contribution in [0, 0.1) is 0 Å². The average Bonchev–Trinajstić information content (AvgIpc) is 2.76. The zero-order valence-corrected chi connectivity index (χ0v) is 16.9. The molecule has 2 aromatic carbocycles. The van der Waals surface area contributed by atoms with Gasteiger partial charge in [0, 0.05) is 0 Å². The number of fused-ring (bicyclic) bond motifs is 2. The third kappa shape index (κ3) is 3.17. The van der Waals surface area contributed by atoms with Crippen LogP contribution in [0.5, 0.6) is 23.0 Å². The minimum absolute atomic E-state index is 0.0852. The summed E-state index contributed by atoms with van der Waals surface area (Å²) < 4.78 is 16.3. The highest BCUT2D eigenvalue weighted by Crippen LogP contribution is 2.37. The van der Waals surface area contributed by atoms with Crippen LogP contribution in [0.15, 0.2) is 46.4 Å². The number of aryl methyl sites for hydroxylation is 1. The van der Waals surface area contributed by atoms with Gasteiger partial charge in [-0.15, -0.1) is 4.74 Å². The lowest BCUT2D eigenvalue weighted by atomic mass is 10.2. The largest absolute Gasteiger partial charge is 0.504 e. The molecule has 3 N–H and O–H groups in total. The normalized spacial score (nSPS) is 11.3. The SMILES string of the molecule is CCn1oc(=O)c2cc(O)c(OCn3oc(=O)c4cc(O)c(O)c(Cl)c4c3=O)cc2c1=O. The summed E-state index contributed by atoms with van der Waals surface area (Å²) in [6.07, 6.45) is 0. The minimum atomic E-state index is -1.06. The summed E-state index contributed by atoms with van der Waals surface area (Å²) in [5.41, 5.74) is -3.54. The van der Waals surface area contributed by atoms with Crippen molar-refractivity contribution in [3.63, 3.8) is 0 Å². The molecule has 2 heterocycles. The number of benzene rings is 2. The number of aromatic nitrogens is 2. The predicted octanol–water partition coefficient (Wildman–Crippen LogP) is 1.05. The molecular formula is C19H13ClN2O10. The first kappa shape index (κ1) is 21.1. The number of hydrogen-bond donors (Lipinski definition) is 3. The first-order valence-corrected chi connectivity index (χ1v) is 9.34. The highest BCUT2D eigenvalue weighted by molar-refractivity contribution is 6.37. The maximum atomic E-state index is 12.7. The van der Waals surface area contributed by atoms with Crippen LogP contribution in [-0.2, 0) is 13.3 Å². The van der Waals surface area contributed by atoms with E-state index in [1.165, 1.54) is 0 Å². The number of aromatic hydroxyl groups is 3. The monoisotopic (exact) mass is 464 g/mol. The molecule has 4 aromatic rings. The topological polar surface area (TPSA) is 174 Å². The van der Waals surface area contributed by atoms with Crippen molar-refractivity contribution in [1.29, 1.82) is 0 Å². The lowest BCUT2D eigenvalue weighted by Gasteiger charge is -2.11. The van der Waals surface area contributed by atoms with Gasteiger partial charge in [0.05, 0.1) is 33.1 Å². The van der Waals surface area contributed by atoms with Crippen molar-refractivity contribution in [1.82, 2.24) is 9.48 Å². The molecule has 0 radical (unpaired) electrons. The summed E-state index contributed by atoms with van der Waals surface area (Å²) in [6.45, 7) is 0.928. The third-order valence-electron chi connectivity index (χ3n) is 4.67. The Kier molecular flexibility index (Phi) is 4.93. The summed E-state index contributed by atoms with van der Waals surface area (Å²) in [5, 5.41) is 27.9. The molecule has 13 heteroatoms. The minimum Gasteiger partial charge on any atom is -0.504 e. The molecule has 0 bridgehead atoms. The van der Waals surface area contributed by atoms with Gasteiger partial charge in [0.2, 0.25) is 0 Å². The van der Waals surface area contributed by atoms with Crippen molar-refractivity contribution in [2.75, 3.05) is 0 Å². The van der Waals surface area contributed by atoms with Crippen LogP contribution >= 0.6 is 11.6 Å². The molecule has 166 valence electrons. The van der Waals surface area contributed by atoms with Crippen molar-refractivity contribution < 1.29 is 29.1 Å². The van der Waals surface area contributed by atoms with Gasteiger partial charge in [0.15, 0.2) is 29.7 Å². The summed E-state index contributed by atoms with van der Waals surface area (Å²) >= 11 is 5.89. The quantitative estimate of drug-likeness (QED) is 0.370. The fourth-order valence-corrected chi connectivity index (χ4v) is 3.37. The Hall–Kier alpha value is -4.19. The van der Waals surface area contributed by atoms with Crippen LogP contribution in [-0.4, -0.2) is 24.8 Å². The number of ether oxygens (including phenoxy) is 1. The van der Waals surface area contributed by atoms with Crippen LogP contribution in [0.1, 0.15) is 6.92 Å². The van der Waals surface area contributed by atoms with Crippen LogP contribution in [0.25, 0.3) is 21.5 Å². The average molecular weight is 465 g/mol. The summed E-state index contributed by atoms with van der Waals surface area (Å²) in [7, 11) is 0. The predicted molar refractivity (Wildman–Crippen MR) is 110 cm³/mol. The molecular weight excluding hydrogens is 452 g/mol. The van der Waals surface area contributed by atoms with Gasteiger partial charge in [-0.3, -0.25) is 9.59 Å². The van der Waals surface area contributed by atoms with Gasteiger partial charge in [-0.25, -0.2) is 9.59 Å². The Balaban J connectivity index is 1.81. The van der Waals surface area contributed by atoms with Gasteiger partial charge in [0.25, 0.3) is 11.1 Å². The number of nitrogens with zero attached hydrogens (tertiary/aromatic N) is 2. The van der Waals surface area contributed by atoms with Crippen LogP contribution in [0.3, 0.4) is 0 Å². The zero-order chi connectivity index (χ0) is 23.3. The highest BCUT2D eigenvalue weighted by Gasteiger charge is 2.20. The second kappa shape index (κ2) is 7.50. The van der Waals surface area contributed by atoms with Gasteiger partial charge in [-0.2, -0.15) is 4.74 Å². The molecule has 0 aliphatic carbocycles. The molecule has 32 heavy (non-hydrogen) atoms. The van der Waals surface area contributed by atoms with Crippen LogP contribution in [0.4, 0.5) is 0 Å². The van der Waals surface area contributed by atoms with E-state index in [2.05, 4.69) is 0 Å². The molecule has 0 spiro atoms. The first-order valence-electron chi connectivity index (χ1n) is 8.96. The van der Waals surface area contributed by atoms with Gasteiger partial charge in [-0.1, -0.05) is 11.6 Å². The number of phenolic OH excluding ortho intramolecular Hbond substituents is 3. The van der Waals surface area contributed by atoms with E-state index in [0.29, 0.717) is 4.74 Å². The van der Waals surface area contributed by atoms with E-state index in [-0.39, 0.29) is 28.5 Å². The first-order chi connectivity index (χ1) is 15.1. The molecule has 0 atom stereocenters. The van der Waals surface area contributed by atoms with Crippen LogP contribution < -0.4 is 27.1 Å². The summed E-state index contributed by atoms with van der Waals surface area (Å²) in [4.78, 5) is 49.3. The van der Waals surface area contributed by atoms with E-state index >= 15 is 0 Å². The molecule has 0 aliphatic rings. The zero-order valence-electron chi connectivity index (χ0n) is 16.1. The maximum Gasteiger partial charge on any atom is 0.364 e. The van der Waals surface area contributed by atoms with Crippen molar-refractivity contribution in [2.45, 2.75) is 20.2 Å². The fraction of sp³-hybridized carbons (Fsp3) is 0.158. The molecule has 0 fully saturated rings. The van der Waals surface area contributed by atoms with Crippen LogP contribution in [0.2, 0.25) is 5.02 Å². The van der Waals surface area contributed by atoms with Gasteiger partial charge in [-0.05, 0) is 25.1 Å². The molecule has 0 unspecified atom stereocenters. The molecule has 4 rings (SSSR count). The Bertz CT molecular complexity index is 1640. The highest BCUT2D eigenvalue weighted by atomic mass is 35.5. The van der Waals surface area contributed by atoms with Gasteiger partial charge >= 0.3 is 11.3 Å². The van der Waals surface area contributed by atoms with Gasteiger partial charge in [0.1, 0.15) is 0 Å². The van der Waals surface area contributed by atoms with E-state index < -0.39 is 56.8 Å². The Morgan fingerprint density at radius 2 is 1.50 bits per heavy atom. The number of phenols is 3. The molecule has 0 amide bonds. The van der Waals surface area contributed by atoms with E-state index in [1.807, 2.05) is 0 Å². The molecule has 0 saturated heterocycles. The fourth-order valence-electron chi connectivity index (χ4n) is 3.09. The van der Waals surface area contributed by atoms with Crippen molar-refractivity contribution in [3.8, 4) is 23.0 Å². The lowest BCUT2D eigenvalue weighted by molar-refractivity contribution is 0.105. The Labute approximate surface area is 180 Å². The van der Waals surface area contributed by atoms with E-state index in [9.17, 15) is 34.5 Å². The summed E-state index contributed by atoms with van der Waals surface area (Å²) in [6, 6.07) is 2.88. The molecule has 0 saturated carbocycles. The second-order valence-corrected chi connectivity index (χ2v) is 6.94. The second-order valence-electron chi connectivity index (χ2n) is 6.56. The smallest absolute Gasteiger partial charge is 0.364 e. The lowest BCUT2D eigenvalue weighted by Crippen LogP contribution is -2.27. The number of hydrogen-bond acceptors (Lipinski definition) is 10. The molecule has 0 aliphatic heterocycles. The van der Waals surface area contributed by atoms with Crippen molar-refractivity contribution >= 4 is 33.1 Å². The Morgan fingerprint density at radius 3 is 2.19 bits per heavy atom. The Morgan fingerprint density at radius 1 is 0.875 bits per heavy atom. The maximum absolute atomic E-state index is 12.7. The standard InChI is InChI=1S/C19H13ClN2O10/c1-2-21-16(26)7-5-12(10(23)3-8(7)18(28)31-21)30-6-22-17(27)13-9(19(29)32-22)4-11(24)15(25)14(13)20/h3-5,23-25H,2,6H2,1H3. The van der Waals surface area contributed by atoms with Crippen molar-refractivity contribution in [3.05, 3.63) is 64.8 Å². The van der Waals surface area contributed by atoms with E-state index in [1.54, 1.807) is 6.92 Å². The van der Waals surface area contributed by atoms with Gasteiger partial charge < -0.3 is 29.1 Å². The van der Waals surface area contributed by atoms with E-state index in [0.717, 1.165) is 22.9 Å². The van der Waals surface area contributed by atoms with Crippen molar-refractivity contribution in [2.24, 2.45) is 0 Å². The summed E-state index contributed by atoms with van der Waals surface area (Å²) in [5.74, 6) is -2.36. The molecule has 2 aromatic heterocycles. The third-order valence-corrected chi connectivity index (χ3v) is 5.04. The van der Waals surface area contributed by atoms with E-state index in [4.69, 9.17) is 25.4 Å². The number of halogens is 1. The molecule has 12 nitrogen and oxygen atoms in total.